The zero-order valence-electron chi connectivity index (χ0n) is 8.06. The van der Waals surface area contributed by atoms with Gasteiger partial charge in [-0.05, 0) is 11.6 Å². The molecule has 0 aromatic heterocycles. The fraction of sp³-hybridized carbons (Fsp3) is 0.273. The standard InChI is InChI=1S/C11H10N2O2/c14-10-6-12-11(15)9-5-7-3-1-2-4-8(7)13(9)10/h1-4,9H,5-6H2,(H,12,15)/t9-/m1/s1. The zero-order valence-corrected chi connectivity index (χ0v) is 8.06. The number of amides is 2. The molecule has 15 heavy (non-hydrogen) atoms. The molecule has 1 N–H and O–H groups in total. The highest BCUT2D eigenvalue weighted by Crippen LogP contribution is 2.33. The molecule has 0 radical (unpaired) electrons. The predicted octanol–water partition coefficient (Wildman–Crippen LogP) is 0.0741. The van der Waals surface area contributed by atoms with E-state index in [1.165, 1.54) is 0 Å². The van der Waals surface area contributed by atoms with Crippen molar-refractivity contribution in [3.05, 3.63) is 29.8 Å². The SMILES string of the molecule is O=C1NCC(=O)N2c3ccccc3C[C@H]12. The molecule has 1 fully saturated rings. The van der Waals surface area contributed by atoms with Gasteiger partial charge in [-0.15, -0.1) is 0 Å². The molecule has 2 amide bonds. The van der Waals surface area contributed by atoms with Crippen molar-refractivity contribution >= 4 is 17.5 Å². The lowest BCUT2D eigenvalue weighted by molar-refractivity contribution is -0.130. The second-order valence-corrected chi connectivity index (χ2v) is 3.83. The summed E-state index contributed by atoms with van der Waals surface area (Å²) in [5.41, 5.74) is 1.97. The molecule has 2 aliphatic heterocycles. The number of para-hydroxylation sites is 1. The summed E-state index contributed by atoms with van der Waals surface area (Å²) in [5, 5.41) is 2.61. The smallest absolute Gasteiger partial charge is 0.247 e. The molecule has 4 heteroatoms. The van der Waals surface area contributed by atoms with Gasteiger partial charge in [0.15, 0.2) is 0 Å². The van der Waals surface area contributed by atoms with Gasteiger partial charge < -0.3 is 5.32 Å². The average Bonchev–Trinajstić information content (AvgIpc) is 2.64. The number of fused-ring (bicyclic) bond motifs is 3. The number of rotatable bonds is 0. The van der Waals surface area contributed by atoms with Crippen molar-refractivity contribution in [3.8, 4) is 0 Å². The minimum absolute atomic E-state index is 0.0236. The van der Waals surface area contributed by atoms with E-state index in [2.05, 4.69) is 5.32 Å². The molecular formula is C11H10N2O2. The van der Waals surface area contributed by atoms with Crippen molar-refractivity contribution in [1.29, 1.82) is 0 Å². The number of anilines is 1. The Morgan fingerprint density at radius 1 is 1.27 bits per heavy atom. The highest BCUT2D eigenvalue weighted by Gasteiger charge is 2.41. The molecule has 0 bridgehead atoms. The summed E-state index contributed by atoms with van der Waals surface area (Å²) in [7, 11) is 0. The van der Waals surface area contributed by atoms with Crippen molar-refractivity contribution in [2.45, 2.75) is 12.5 Å². The van der Waals surface area contributed by atoms with E-state index in [9.17, 15) is 9.59 Å². The first-order chi connectivity index (χ1) is 7.27. The van der Waals surface area contributed by atoms with Crippen molar-refractivity contribution in [2.75, 3.05) is 11.4 Å². The summed E-state index contributed by atoms with van der Waals surface area (Å²) in [6.45, 7) is 0.115. The summed E-state index contributed by atoms with van der Waals surface area (Å²) in [6, 6.07) is 7.35. The fourth-order valence-corrected chi connectivity index (χ4v) is 2.27. The van der Waals surface area contributed by atoms with Crippen LogP contribution in [0.25, 0.3) is 0 Å². The number of nitrogens with one attached hydrogen (secondary N) is 1. The first-order valence-electron chi connectivity index (χ1n) is 4.95. The molecule has 2 heterocycles. The highest BCUT2D eigenvalue weighted by atomic mass is 16.2. The van der Waals surface area contributed by atoms with E-state index >= 15 is 0 Å². The Balaban J connectivity index is 2.11. The third-order valence-corrected chi connectivity index (χ3v) is 2.96. The number of carbonyl (C=O) groups is 2. The molecule has 1 saturated heterocycles. The Hall–Kier alpha value is -1.84. The summed E-state index contributed by atoms with van der Waals surface area (Å²) in [4.78, 5) is 24.9. The first-order valence-corrected chi connectivity index (χ1v) is 4.95. The van der Waals surface area contributed by atoms with Crippen LogP contribution in [0.3, 0.4) is 0 Å². The van der Waals surface area contributed by atoms with Crippen LogP contribution in [0.4, 0.5) is 5.69 Å². The van der Waals surface area contributed by atoms with Gasteiger partial charge in [0.2, 0.25) is 11.8 Å². The van der Waals surface area contributed by atoms with Crippen LogP contribution in [0.1, 0.15) is 5.56 Å². The number of piperazine rings is 1. The van der Waals surface area contributed by atoms with Crippen molar-refractivity contribution in [1.82, 2.24) is 5.32 Å². The van der Waals surface area contributed by atoms with E-state index in [0.717, 1.165) is 11.3 Å². The van der Waals surface area contributed by atoms with E-state index in [1.807, 2.05) is 24.3 Å². The molecule has 0 aliphatic carbocycles. The first kappa shape index (κ1) is 8.47. The molecule has 0 spiro atoms. The molecule has 4 nitrogen and oxygen atoms in total. The summed E-state index contributed by atoms with van der Waals surface area (Å²) in [6.07, 6.45) is 0.633. The Bertz CT molecular complexity index is 456. The van der Waals surface area contributed by atoms with Crippen molar-refractivity contribution in [3.63, 3.8) is 0 Å². The normalized spacial score (nSPS) is 23.5. The number of carbonyl (C=O) groups excluding carboxylic acids is 2. The van der Waals surface area contributed by atoms with E-state index < -0.39 is 0 Å². The van der Waals surface area contributed by atoms with E-state index in [1.54, 1.807) is 4.90 Å². The maximum absolute atomic E-state index is 11.7. The minimum Gasteiger partial charge on any atom is -0.345 e. The number of benzene rings is 1. The third-order valence-electron chi connectivity index (χ3n) is 2.96. The molecule has 2 aliphatic rings. The summed E-state index contributed by atoms with van der Waals surface area (Å²) >= 11 is 0. The van der Waals surface area contributed by atoms with Crippen LogP contribution in [0.15, 0.2) is 24.3 Å². The zero-order chi connectivity index (χ0) is 10.4. The van der Waals surface area contributed by atoms with Crippen LogP contribution in [-0.4, -0.2) is 24.4 Å². The van der Waals surface area contributed by atoms with E-state index in [-0.39, 0.29) is 24.4 Å². The number of nitrogens with zero attached hydrogens (tertiary/aromatic N) is 1. The van der Waals surface area contributed by atoms with Gasteiger partial charge in [-0.1, -0.05) is 18.2 Å². The topological polar surface area (TPSA) is 49.4 Å². The molecule has 0 saturated carbocycles. The lowest BCUT2D eigenvalue weighted by Gasteiger charge is -2.29. The largest absolute Gasteiger partial charge is 0.345 e. The molecule has 3 rings (SSSR count). The average molecular weight is 202 g/mol. The molecule has 1 aromatic carbocycles. The lowest BCUT2D eigenvalue weighted by atomic mass is 10.1. The summed E-state index contributed by atoms with van der Waals surface area (Å²) < 4.78 is 0. The second-order valence-electron chi connectivity index (χ2n) is 3.83. The van der Waals surface area contributed by atoms with E-state index in [0.29, 0.717) is 6.42 Å². The van der Waals surface area contributed by atoms with Gasteiger partial charge in [0, 0.05) is 12.1 Å². The third kappa shape index (κ3) is 1.08. The van der Waals surface area contributed by atoms with Gasteiger partial charge in [-0.2, -0.15) is 0 Å². The Morgan fingerprint density at radius 2 is 2.07 bits per heavy atom. The van der Waals surface area contributed by atoms with Gasteiger partial charge in [0.1, 0.15) is 6.04 Å². The maximum Gasteiger partial charge on any atom is 0.247 e. The van der Waals surface area contributed by atoms with Crippen LogP contribution in [0.5, 0.6) is 0 Å². The Labute approximate surface area is 86.9 Å². The fourth-order valence-electron chi connectivity index (χ4n) is 2.27. The van der Waals surface area contributed by atoms with Crippen molar-refractivity contribution in [2.24, 2.45) is 0 Å². The van der Waals surface area contributed by atoms with Gasteiger partial charge in [-0.25, -0.2) is 0 Å². The van der Waals surface area contributed by atoms with Gasteiger partial charge in [0.05, 0.1) is 6.54 Å². The predicted molar refractivity (Wildman–Crippen MR) is 54.4 cm³/mol. The van der Waals surface area contributed by atoms with Gasteiger partial charge in [0.25, 0.3) is 0 Å². The van der Waals surface area contributed by atoms with Gasteiger partial charge in [-0.3, -0.25) is 14.5 Å². The van der Waals surface area contributed by atoms with Crippen LogP contribution in [0.2, 0.25) is 0 Å². The van der Waals surface area contributed by atoms with Crippen molar-refractivity contribution < 1.29 is 9.59 Å². The monoisotopic (exact) mass is 202 g/mol. The second kappa shape index (κ2) is 2.82. The number of hydrogen-bond donors (Lipinski definition) is 1. The molecule has 76 valence electrons. The lowest BCUT2D eigenvalue weighted by Crippen LogP contribution is -2.57. The Morgan fingerprint density at radius 3 is 2.93 bits per heavy atom. The van der Waals surface area contributed by atoms with Crippen LogP contribution in [0, 0.1) is 0 Å². The quantitative estimate of drug-likeness (QED) is 0.647. The Kier molecular flexibility index (Phi) is 1.59. The molecular weight excluding hydrogens is 192 g/mol. The maximum atomic E-state index is 11.7. The number of hydrogen-bond acceptors (Lipinski definition) is 2. The van der Waals surface area contributed by atoms with Crippen LogP contribution >= 0.6 is 0 Å². The van der Waals surface area contributed by atoms with Crippen LogP contribution < -0.4 is 10.2 Å². The van der Waals surface area contributed by atoms with Gasteiger partial charge >= 0.3 is 0 Å². The highest BCUT2D eigenvalue weighted by molar-refractivity contribution is 6.08. The molecule has 0 unspecified atom stereocenters. The molecule has 1 atom stereocenters. The minimum atomic E-state index is -0.330. The van der Waals surface area contributed by atoms with E-state index in [4.69, 9.17) is 0 Å². The summed E-state index contributed by atoms with van der Waals surface area (Å²) in [5.74, 6) is -0.0737. The van der Waals surface area contributed by atoms with Crippen LogP contribution in [-0.2, 0) is 16.0 Å². The molecule has 1 aromatic rings.